The van der Waals surface area contributed by atoms with Gasteiger partial charge in [-0.1, -0.05) is 6.92 Å². The highest BCUT2D eigenvalue weighted by Crippen LogP contribution is 2.23. The number of amides is 1. The van der Waals surface area contributed by atoms with Gasteiger partial charge in [-0.15, -0.1) is 0 Å². The fourth-order valence-electron chi connectivity index (χ4n) is 2.86. The molecule has 1 fully saturated rings. The average Bonchev–Trinajstić information content (AvgIpc) is 2.44. The Hall–Kier alpha value is -0.610. The Balaban J connectivity index is 2.35. The molecule has 0 heterocycles. The molecular weight excluding hydrogens is 238 g/mol. The number of hydrogen-bond donors (Lipinski definition) is 2. The lowest BCUT2D eigenvalue weighted by molar-refractivity contribution is -0.126. The number of nitrogens with one attached hydrogen (secondary N) is 2. The van der Waals surface area contributed by atoms with Crippen LogP contribution in [0.2, 0.25) is 0 Å². The summed E-state index contributed by atoms with van der Waals surface area (Å²) in [6.07, 6.45) is 6.06. The maximum Gasteiger partial charge on any atom is 0.237 e. The minimum atomic E-state index is -0.0231. The van der Waals surface area contributed by atoms with Crippen LogP contribution in [0.15, 0.2) is 0 Å². The molecule has 1 aliphatic rings. The third-order valence-corrected chi connectivity index (χ3v) is 4.30. The summed E-state index contributed by atoms with van der Waals surface area (Å²) < 4.78 is 0. The standard InChI is InChI=1S/C15H31N3O/c1-5-11-17-13-7-9-14(10-8-13)18(4)12(3)15(19)16-6-2/h12-14,17H,5-11H2,1-4H3,(H,16,19). The smallest absolute Gasteiger partial charge is 0.237 e. The van der Waals surface area contributed by atoms with E-state index < -0.39 is 0 Å². The zero-order valence-electron chi connectivity index (χ0n) is 13.0. The van der Waals surface area contributed by atoms with Gasteiger partial charge in [-0.05, 0) is 59.5 Å². The summed E-state index contributed by atoms with van der Waals surface area (Å²) >= 11 is 0. The number of likely N-dealkylation sites (N-methyl/N-ethyl adjacent to an activating group) is 2. The summed E-state index contributed by atoms with van der Waals surface area (Å²) in [6, 6.07) is 1.21. The second kappa shape index (κ2) is 8.54. The van der Waals surface area contributed by atoms with Crippen LogP contribution in [0.5, 0.6) is 0 Å². The molecule has 0 bridgehead atoms. The van der Waals surface area contributed by atoms with Crippen LogP contribution >= 0.6 is 0 Å². The van der Waals surface area contributed by atoms with Gasteiger partial charge < -0.3 is 10.6 Å². The predicted octanol–water partition coefficient (Wildman–Crippen LogP) is 1.75. The molecule has 112 valence electrons. The molecule has 4 heteroatoms. The topological polar surface area (TPSA) is 44.4 Å². The molecule has 1 unspecified atom stereocenters. The molecule has 1 amide bonds. The summed E-state index contributed by atoms with van der Waals surface area (Å²) in [5.41, 5.74) is 0. The first kappa shape index (κ1) is 16.4. The Morgan fingerprint density at radius 1 is 1.26 bits per heavy atom. The van der Waals surface area contributed by atoms with Gasteiger partial charge >= 0.3 is 0 Å². The molecule has 19 heavy (non-hydrogen) atoms. The zero-order chi connectivity index (χ0) is 14.3. The van der Waals surface area contributed by atoms with E-state index in [4.69, 9.17) is 0 Å². The molecular formula is C15H31N3O. The quantitative estimate of drug-likeness (QED) is 0.740. The molecule has 1 atom stereocenters. The van der Waals surface area contributed by atoms with Gasteiger partial charge in [-0.2, -0.15) is 0 Å². The largest absolute Gasteiger partial charge is 0.355 e. The molecule has 0 radical (unpaired) electrons. The molecule has 1 saturated carbocycles. The van der Waals surface area contributed by atoms with Gasteiger partial charge in [0.2, 0.25) is 5.91 Å². The first-order chi connectivity index (χ1) is 9.10. The zero-order valence-corrected chi connectivity index (χ0v) is 13.0. The van der Waals surface area contributed by atoms with Gasteiger partial charge in [0.15, 0.2) is 0 Å². The molecule has 1 aliphatic carbocycles. The minimum Gasteiger partial charge on any atom is -0.355 e. The van der Waals surface area contributed by atoms with Crippen molar-refractivity contribution in [3.8, 4) is 0 Å². The van der Waals surface area contributed by atoms with E-state index in [2.05, 4.69) is 29.5 Å². The number of carbonyl (C=O) groups is 1. The van der Waals surface area contributed by atoms with Crippen LogP contribution in [-0.2, 0) is 4.79 Å². The maximum absolute atomic E-state index is 11.9. The van der Waals surface area contributed by atoms with Crippen LogP contribution in [0.4, 0.5) is 0 Å². The van der Waals surface area contributed by atoms with Gasteiger partial charge in [0.1, 0.15) is 0 Å². The Bertz CT molecular complexity index is 262. The fraction of sp³-hybridized carbons (Fsp3) is 0.933. The van der Waals surface area contributed by atoms with E-state index >= 15 is 0 Å². The molecule has 0 aromatic rings. The van der Waals surface area contributed by atoms with Crippen LogP contribution in [-0.4, -0.2) is 49.1 Å². The number of nitrogens with zero attached hydrogens (tertiary/aromatic N) is 1. The van der Waals surface area contributed by atoms with Crippen LogP contribution in [0, 0.1) is 0 Å². The lowest BCUT2D eigenvalue weighted by Gasteiger charge is -2.37. The van der Waals surface area contributed by atoms with Crippen molar-refractivity contribution in [1.82, 2.24) is 15.5 Å². The number of hydrogen-bond acceptors (Lipinski definition) is 3. The van der Waals surface area contributed by atoms with Crippen molar-refractivity contribution >= 4 is 5.91 Å². The van der Waals surface area contributed by atoms with Crippen molar-refractivity contribution in [1.29, 1.82) is 0 Å². The summed E-state index contributed by atoms with van der Waals surface area (Å²) in [7, 11) is 2.09. The molecule has 4 nitrogen and oxygen atoms in total. The molecule has 1 rings (SSSR count). The van der Waals surface area contributed by atoms with Gasteiger partial charge in [-0.25, -0.2) is 0 Å². The Labute approximate surface area is 118 Å². The Morgan fingerprint density at radius 2 is 1.89 bits per heavy atom. The lowest BCUT2D eigenvalue weighted by atomic mass is 9.89. The third-order valence-electron chi connectivity index (χ3n) is 4.30. The van der Waals surface area contributed by atoms with Crippen molar-refractivity contribution in [3.05, 3.63) is 0 Å². The third kappa shape index (κ3) is 5.11. The summed E-state index contributed by atoms with van der Waals surface area (Å²) in [4.78, 5) is 14.1. The number of carbonyl (C=O) groups excluding carboxylic acids is 1. The number of rotatable bonds is 7. The van der Waals surface area contributed by atoms with E-state index in [-0.39, 0.29) is 11.9 Å². The van der Waals surface area contributed by atoms with Crippen LogP contribution in [0.1, 0.15) is 52.9 Å². The summed E-state index contributed by atoms with van der Waals surface area (Å²) in [6.45, 7) is 8.02. The molecule has 0 spiro atoms. The van der Waals surface area contributed by atoms with Crippen molar-refractivity contribution < 1.29 is 4.79 Å². The Kier molecular flexibility index (Phi) is 7.39. The molecule has 0 aliphatic heterocycles. The van der Waals surface area contributed by atoms with Gasteiger partial charge in [0.25, 0.3) is 0 Å². The van der Waals surface area contributed by atoms with Crippen molar-refractivity contribution in [3.63, 3.8) is 0 Å². The summed E-state index contributed by atoms with van der Waals surface area (Å²) in [5, 5.41) is 6.51. The average molecular weight is 269 g/mol. The van der Waals surface area contributed by atoms with Crippen molar-refractivity contribution in [2.45, 2.75) is 71.0 Å². The van der Waals surface area contributed by atoms with E-state index in [1.165, 1.54) is 32.1 Å². The highest BCUT2D eigenvalue weighted by Gasteiger charge is 2.28. The normalized spacial score (nSPS) is 25.3. The second-order valence-corrected chi connectivity index (χ2v) is 5.70. The highest BCUT2D eigenvalue weighted by atomic mass is 16.2. The van der Waals surface area contributed by atoms with Gasteiger partial charge in [0.05, 0.1) is 6.04 Å². The molecule has 0 aromatic carbocycles. The van der Waals surface area contributed by atoms with E-state index in [0.717, 1.165) is 6.54 Å². The van der Waals surface area contributed by atoms with Crippen molar-refractivity contribution in [2.75, 3.05) is 20.1 Å². The van der Waals surface area contributed by atoms with E-state index in [0.29, 0.717) is 18.6 Å². The van der Waals surface area contributed by atoms with Crippen molar-refractivity contribution in [2.24, 2.45) is 0 Å². The SMILES string of the molecule is CCCNC1CCC(N(C)C(C)C(=O)NCC)CC1. The van der Waals surface area contributed by atoms with Crippen LogP contribution in [0.3, 0.4) is 0 Å². The Morgan fingerprint density at radius 3 is 2.42 bits per heavy atom. The fourth-order valence-corrected chi connectivity index (χ4v) is 2.86. The molecule has 0 aromatic heterocycles. The summed E-state index contributed by atoms with van der Waals surface area (Å²) in [5.74, 6) is 0.149. The maximum atomic E-state index is 11.9. The van der Waals surface area contributed by atoms with E-state index in [1.807, 2.05) is 13.8 Å². The lowest BCUT2D eigenvalue weighted by Crippen LogP contribution is -2.49. The van der Waals surface area contributed by atoms with E-state index in [9.17, 15) is 4.79 Å². The monoisotopic (exact) mass is 269 g/mol. The highest BCUT2D eigenvalue weighted by molar-refractivity contribution is 5.81. The molecule has 0 saturated heterocycles. The first-order valence-corrected chi connectivity index (χ1v) is 7.83. The predicted molar refractivity (Wildman–Crippen MR) is 80.2 cm³/mol. The molecule has 2 N–H and O–H groups in total. The van der Waals surface area contributed by atoms with E-state index in [1.54, 1.807) is 0 Å². The minimum absolute atomic E-state index is 0.0231. The second-order valence-electron chi connectivity index (χ2n) is 5.70. The first-order valence-electron chi connectivity index (χ1n) is 7.83. The van der Waals surface area contributed by atoms with Gasteiger partial charge in [-0.3, -0.25) is 9.69 Å². The van der Waals surface area contributed by atoms with Crippen LogP contribution in [0.25, 0.3) is 0 Å². The van der Waals surface area contributed by atoms with Gasteiger partial charge in [0, 0.05) is 18.6 Å². The van der Waals surface area contributed by atoms with Crippen LogP contribution < -0.4 is 10.6 Å².